The molecule has 0 heterocycles. The van der Waals surface area contributed by atoms with Crippen molar-refractivity contribution >= 4 is 5.91 Å². The third-order valence-corrected chi connectivity index (χ3v) is 5.72. The second kappa shape index (κ2) is 6.91. The molecule has 4 atom stereocenters. The highest BCUT2D eigenvalue weighted by Gasteiger charge is 2.42. The van der Waals surface area contributed by atoms with Gasteiger partial charge in [0.15, 0.2) is 11.5 Å². The maximum absolute atomic E-state index is 12.7. The standard InChI is InChI=1S/C19H27NO4/c1-11(15-8-12-5-6-13(15)7-12)20-19(21)14-9-16(22-2)18(24-4)17(10-14)23-3/h9-13,15H,5-8H2,1-4H3,(H,20,21)/t11-,12+,13+,15+/m1/s1. The van der Waals surface area contributed by atoms with Gasteiger partial charge in [-0.05, 0) is 56.1 Å². The van der Waals surface area contributed by atoms with E-state index in [1.54, 1.807) is 33.5 Å². The summed E-state index contributed by atoms with van der Waals surface area (Å²) in [5, 5.41) is 3.17. The molecule has 24 heavy (non-hydrogen) atoms. The summed E-state index contributed by atoms with van der Waals surface area (Å²) in [4.78, 5) is 12.7. The van der Waals surface area contributed by atoms with Crippen LogP contribution in [0.1, 0.15) is 43.0 Å². The van der Waals surface area contributed by atoms with Crippen LogP contribution in [0.25, 0.3) is 0 Å². The average molecular weight is 333 g/mol. The molecule has 1 N–H and O–H groups in total. The fourth-order valence-electron chi connectivity index (χ4n) is 4.52. The van der Waals surface area contributed by atoms with Crippen molar-refractivity contribution in [3.8, 4) is 17.2 Å². The predicted octanol–water partition coefficient (Wildman–Crippen LogP) is 3.27. The van der Waals surface area contributed by atoms with Crippen LogP contribution >= 0.6 is 0 Å². The lowest BCUT2D eigenvalue weighted by Crippen LogP contribution is -2.40. The summed E-state index contributed by atoms with van der Waals surface area (Å²) in [6.45, 7) is 2.13. The largest absolute Gasteiger partial charge is 0.493 e. The number of fused-ring (bicyclic) bond motifs is 2. The summed E-state index contributed by atoms with van der Waals surface area (Å²) in [6.07, 6.45) is 5.28. The number of nitrogens with one attached hydrogen (secondary N) is 1. The van der Waals surface area contributed by atoms with Crippen LogP contribution in [0.5, 0.6) is 17.2 Å². The van der Waals surface area contributed by atoms with E-state index in [0.717, 1.165) is 11.8 Å². The van der Waals surface area contributed by atoms with Crippen molar-refractivity contribution in [3.63, 3.8) is 0 Å². The minimum atomic E-state index is -0.0930. The first-order valence-electron chi connectivity index (χ1n) is 8.68. The highest BCUT2D eigenvalue weighted by Crippen LogP contribution is 2.49. The Hall–Kier alpha value is -1.91. The molecule has 2 aliphatic carbocycles. The Morgan fingerprint density at radius 3 is 2.21 bits per heavy atom. The zero-order chi connectivity index (χ0) is 17.3. The third-order valence-electron chi connectivity index (χ3n) is 5.72. The topological polar surface area (TPSA) is 56.8 Å². The smallest absolute Gasteiger partial charge is 0.251 e. The van der Waals surface area contributed by atoms with Gasteiger partial charge in [0.05, 0.1) is 21.3 Å². The molecule has 0 aromatic heterocycles. The monoisotopic (exact) mass is 333 g/mol. The SMILES string of the molecule is COc1cc(C(=O)N[C@H](C)[C@@H]2C[C@H]3CC[C@H]2C3)cc(OC)c1OC. The second-order valence-electron chi connectivity index (χ2n) is 7.01. The summed E-state index contributed by atoms with van der Waals surface area (Å²) in [6, 6.07) is 3.58. The Balaban J connectivity index is 1.74. The summed E-state index contributed by atoms with van der Waals surface area (Å²) >= 11 is 0. The number of rotatable bonds is 6. The highest BCUT2D eigenvalue weighted by molar-refractivity contribution is 5.95. The van der Waals surface area contributed by atoms with E-state index >= 15 is 0 Å². The van der Waals surface area contributed by atoms with Crippen molar-refractivity contribution in [1.29, 1.82) is 0 Å². The third kappa shape index (κ3) is 3.04. The molecule has 2 fully saturated rings. The van der Waals surface area contributed by atoms with Gasteiger partial charge in [0, 0.05) is 11.6 Å². The highest BCUT2D eigenvalue weighted by atomic mass is 16.5. The van der Waals surface area contributed by atoms with Crippen LogP contribution in [-0.4, -0.2) is 33.3 Å². The molecule has 0 saturated heterocycles. The quantitative estimate of drug-likeness (QED) is 0.868. The van der Waals surface area contributed by atoms with Gasteiger partial charge in [-0.2, -0.15) is 0 Å². The fourth-order valence-corrected chi connectivity index (χ4v) is 4.52. The number of ether oxygens (including phenoxy) is 3. The molecule has 0 radical (unpaired) electrons. The van der Waals surface area contributed by atoms with Crippen LogP contribution in [0, 0.1) is 17.8 Å². The normalized spacial score (nSPS) is 26.1. The van der Waals surface area contributed by atoms with Gasteiger partial charge in [-0.1, -0.05) is 6.42 Å². The molecule has 0 unspecified atom stereocenters. The summed E-state index contributed by atoms with van der Waals surface area (Å²) < 4.78 is 16.0. The minimum Gasteiger partial charge on any atom is -0.493 e. The van der Waals surface area contributed by atoms with Crippen LogP contribution in [0.3, 0.4) is 0 Å². The fraction of sp³-hybridized carbons (Fsp3) is 0.632. The number of carbonyl (C=O) groups is 1. The molecule has 0 spiro atoms. The zero-order valence-electron chi connectivity index (χ0n) is 14.9. The van der Waals surface area contributed by atoms with Crippen molar-refractivity contribution in [2.75, 3.05) is 21.3 Å². The Kier molecular flexibility index (Phi) is 4.88. The van der Waals surface area contributed by atoms with Crippen LogP contribution in [0.4, 0.5) is 0 Å². The van der Waals surface area contributed by atoms with Gasteiger partial charge in [-0.15, -0.1) is 0 Å². The second-order valence-corrected chi connectivity index (χ2v) is 7.01. The van der Waals surface area contributed by atoms with Gasteiger partial charge in [-0.25, -0.2) is 0 Å². The molecule has 132 valence electrons. The molecule has 1 aromatic carbocycles. The lowest BCUT2D eigenvalue weighted by atomic mass is 9.84. The van der Waals surface area contributed by atoms with E-state index in [0.29, 0.717) is 28.7 Å². The Morgan fingerprint density at radius 1 is 1.08 bits per heavy atom. The van der Waals surface area contributed by atoms with Crippen molar-refractivity contribution in [2.24, 2.45) is 17.8 Å². The maximum Gasteiger partial charge on any atom is 0.251 e. The molecule has 2 saturated carbocycles. The van der Waals surface area contributed by atoms with E-state index in [-0.39, 0.29) is 11.9 Å². The average Bonchev–Trinajstić information content (AvgIpc) is 3.23. The van der Waals surface area contributed by atoms with E-state index < -0.39 is 0 Å². The number of hydrogen-bond acceptors (Lipinski definition) is 4. The number of amides is 1. The molecular formula is C19H27NO4. The minimum absolute atomic E-state index is 0.0930. The van der Waals surface area contributed by atoms with Crippen molar-refractivity contribution in [1.82, 2.24) is 5.32 Å². The Bertz CT molecular complexity index is 590. The predicted molar refractivity (Wildman–Crippen MR) is 92.0 cm³/mol. The van der Waals surface area contributed by atoms with E-state index in [2.05, 4.69) is 12.2 Å². The van der Waals surface area contributed by atoms with Crippen molar-refractivity contribution < 1.29 is 19.0 Å². The lowest BCUT2D eigenvalue weighted by molar-refractivity contribution is 0.0914. The maximum atomic E-state index is 12.7. The van der Waals surface area contributed by atoms with E-state index in [1.165, 1.54) is 25.7 Å². The van der Waals surface area contributed by atoms with Crippen LogP contribution in [-0.2, 0) is 0 Å². The number of carbonyl (C=O) groups excluding carboxylic acids is 1. The first-order chi connectivity index (χ1) is 11.6. The number of methoxy groups -OCH3 is 3. The van der Waals surface area contributed by atoms with Crippen LogP contribution in [0.15, 0.2) is 12.1 Å². The molecule has 5 nitrogen and oxygen atoms in total. The van der Waals surface area contributed by atoms with E-state index in [4.69, 9.17) is 14.2 Å². The van der Waals surface area contributed by atoms with Crippen LogP contribution in [0.2, 0.25) is 0 Å². The first kappa shape index (κ1) is 16.9. The van der Waals surface area contributed by atoms with E-state index in [1.807, 2.05) is 0 Å². The van der Waals surface area contributed by atoms with Gasteiger partial charge in [0.1, 0.15) is 0 Å². The number of benzene rings is 1. The molecule has 2 aliphatic rings. The zero-order valence-corrected chi connectivity index (χ0v) is 14.9. The summed E-state index contributed by atoms with van der Waals surface area (Å²) in [5.41, 5.74) is 0.527. The van der Waals surface area contributed by atoms with Crippen molar-refractivity contribution in [3.05, 3.63) is 17.7 Å². The Labute approximate surface area is 143 Å². The summed E-state index contributed by atoms with van der Waals surface area (Å²) in [5.74, 6) is 3.66. The molecule has 1 amide bonds. The van der Waals surface area contributed by atoms with Gasteiger partial charge in [0.2, 0.25) is 5.75 Å². The molecule has 5 heteroatoms. The molecule has 1 aromatic rings. The summed E-state index contributed by atoms with van der Waals surface area (Å²) in [7, 11) is 4.66. The molecule has 3 rings (SSSR count). The van der Waals surface area contributed by atoms with Crippen LogP contribution < -0.4 is 19.5 Å². The molecular weight excluding hydrogens is 306 g/mol. The van der Waals surface area contributed by atoms with Gasteiger partial charge in [-0.3, -0.25) is 4.79 Å². The van der Waals surface area contributed by atoms with Gasteiger partial charge >= 0.3 is 0 Å². The molecule has 0 aliphatic heterocycles. The molecule has 2 bridgehead atoms. The van der Waals surface area contributed by atoms with Gasteiger partial charge in [0.25, 0.3) is 5.91 Å². The Morgan fingerprint density at radius 2 is 1.75 bits per heavy atom. The van der Waals surface area contributed by atoms with Gasteiger partial charge < -0.3 is 19.5 Å². The number of hydrogen-bond donors (Lipinski definition) is 1. The first-order valence-corrected chi connectivity index (χ1v) is 8.68. The lowest BCUT2D eigenvalue weighted by Gasteiger charge is -2.28. The van der Waals surface area contributed by atoms with Crippen molar-refractivity contribution in [2.45, 2.75) is 38.6 Å². The van der Waals surface area contributed by atoms with E-state index in [9.17, 15) is 4.79 Å².